The minimum atomic E-state index is -0.987. The first-order valence-corrected chi connectivity index (χ1v) is 10.7. The molecule has 2 aromatic heterocycles. The molecule has 0 spiro atoms. The molecule has 1 aromatic carbocycles. The second kappa shape index (κ2) is 10.4. The number of carbonyl (C=O) groups excluding carboxylic acids is 1. The molecule has 0 radical (unpaired) electrons. The van der Waals surface area contributed by atoms with Gasteiger partial charge in [0.1, 0.15) is 11.9 Å². The van der Waals surface area contributed by atoms with E-state index in [1.165, 1.54) is 12.4 Å². The summed E-state index contributed by atoms with van der Waals surface area (Å²) in [6.45, 7) is 3.85. The number of aromatic nitrogens is 2. The molecule has 0 aliphatic heterocycles. The second-order valence-electron chi connectivity index (χ2n) is 7.18. The van der Waals surface area contributed by atoms with Crippen LogP contribution < -0.4 is 10.6 Å². The monoisotopic (exact) mass is 472 g/mol. The number of nitrogens with zero attached hydrogens (tertiary/aromatic N) is 2. The van der Waals surface area contributed by atoms with Crippen molar-refractivity contribution in [3.63, 3.8) is 0 Å². The fraction of sp³-hybridized carbons (Fsp3) is 0.217. The van der Waals surface area contributed by atoms with Gasteiger partial charge in [0, 0.05) is 30.1 Å². The van der Waals surface area contributed by atoms with Gasteiger partial charge < -0.3 is 15.7 Å². The summed E-state index contributed by atoms with van der Waals surface area (Å²) in [4.78, 5) is 32.7. The van der Waals surface area contributed by atoms with Crippen molar-refractivity contribution in [1.82, 2.24) is 9.97 Å². The molecule has 9 heteroatoms. The minimum Gasteiger partial charge on any atom is -0.480 e. The maximum atomic E-state index is 12.5. The topological polar surface area (TPSA) is 104 Å². The van der Waals surface area contributed by atoms with Crippen molar-refractivity contribution in [2.24, 2.45) is 0 Å². The fourth-order valence-electron chi connectivity index (χ4n) is 3.11. The highest BCUT2D eigenvalue weighted by atomic mass is 35.5. The standard InChI is InChI=1S/C23H22Cl2N4O3/c1-3-15-7-4-13(2)27-21(15)28-19(23(31)32)10-14-5-8-16(9-6-14)22(30)29-20-17(24)11-26-12-18(20)25/h4-9,11-12,19H,3,10H2,1-2H3,(H,27,28)(H,31,32)(H,26,29,30). The highest BCUT2D eigenvalue weighted by molar-refractivity contribution is 6.39. The smallest absolute Gasteiger partial charge is 0.326 e. The number of hydrogen-bond donors (Lipinski definition) is 3. The number of pyridine rings is 2. The molecule has 0 aliphatic carbocycles. The summed E-state index contributed by atoms with van der Waals surface area (Å²) in [5, 5.41) is 15.9. The summed E-state index contributed by atoms with van der Waals surface area (Å²) in [5.74, 6) is -0.808. The average Bonchev–Trinajstić information content (AvgIpc) is 2.76. The van der Waals surface area contributed by atoms with Crippen LogP contribution in [0.15, 0.2) is 48.8 Å². The van der Waals surface area contributed by atoms with E-state index in [1.54, 1.807) is 24.3 Å². The van der Waals surface area contributed by atoms with Gasteiger partial charge in [-0.2, -0.15) is 0 Å². The number of rotatable bonds is 8. The SMILES string of the molecule is CCc1ccc(C)nc1NC(Cc1ccc(C(=O)Nc2c(Cl)cncc2Cl)cc1)C(=O)O. The van der Waals surface area contributed by atoms with Crippen LogP contribution in [0.1, 0.15) is 34.1 Å². The Labute approximate surface area is 195 Å². The van der Waals surface area contributed by atoms with E-state index in [9.17, 15) is 14.7 Å². The fourth-order valence-corrected chi connectivity index (χ4v) is 3.56. The van der Waals surface area contributed by atoms with Crippen molar-refractivity contribution in [3.05, 3.63) is 81.2 Å². The molecule has 3 N–H and O–H groups in total. The number of anilines is 2. The predicted octanol–water partition coefficient (Wildman–Crippen LogP) is 5.01. The first-order valence-electron chi connectivity index (χ1n) is 9.93. The Bertz CT molecular complexity index is 1120. The van der Waals surface area contributed by atoms with E-state index < -0.39 is 17.9 Å². The lowest BCUT2D eigenvalue weighted by atomic mass is 10.0. The maximum absolute atomic E-state index is 12.5. The molecule has 166 valence electrons. The largest absolute Gasteiger partial charge is 0.480 e. The normalized spacial score (nSPS) is 11.6. The van der Waals surface area contributed by atoms with Gasteiger partial charge in [0.2, 0.25) is 0 Å². The summed E-state index contributed by atoms with van der Waals surface area (Å²) in [6.07, 6.45) is 3.73. The Morgan fingerprint density at radius 3 is 2.31 bits per heavy atom. The van der Waals surface area contributed by atoms with Crippen molar-refractivity contribution in [3.8, 4) is 0 Å². The lowest BCUT2D eigenvalue weighted by Gasteiger charge is -2.18. The van der Waals surface area contributed by atoms with Crippen molar-refractivity contribution in [2.45, 2.75) is 32.7 Å². The highest BCUT2D eigenvalue weighted by Gasteiger charge is 2.20. The van der Waals surface area contributed by atoms with Gasteiger partial charge in [0.25, 0.3) is 5.91 Å². The molecule has 0 fully saturated rings. The van der Waals surface area contributed by atoms with Gasteiger partial charge in [0.15, 0.2) is 0 Å². The van der Waals surface area contributed by atoms with Gasteiger partial charge >= 0.3 is 5.97 Å². The van der Waals surface area contributed by atoms with Gasteiger partial charge in [-0.3, -0.25) is 9.78 Å². The first kappa shape index (κ1) is 23.5. The zero-order chi connectivity index (χ0) is 23.3. The van der Waals surface area contributed by atoms with Crippen molar-refractivity contribution >= 4 is 46.6 Å². The van der Waals surface area contributed by atoms with E-state index in [2.05, 4.69) is 20.6 Å². The van der Waals surface area contributed by atoms with Crippen LogP contribution in [0.25, 0.3) is 0 Å². The van der Waals surface area contributed by atoms with E-state index in [-0.39, 0.29) is 22.2 Å². The number of aliphatic carboxylic acids is 1. The van der Waals surface area contributed by atoms with E-state index in [0.29, 0.717) is 11.4 Å². The molecule has 1 unspecified atom stereocenters. The minimum absolute atomic E-state index is 0.220. The number of aryl methyl sites for hydroxylation is 2. The first-order chi connectivity index (χ1) is 15.3. The average molecular weight is 473 g/mol. The summed E-state index contributed by atoms with van der Waals surface area (Å²) < 4.78 is 0. The van der Waals surface area contributed by atoms with Crippen LogP contribution in [0.3, 0.4) is 0 Å². The molecule has 0 saturated carbocycles. The molecule has 1 amide bonds. The number of amides is 1. The molecular formula is C23H22Cl2N4O3. The van der Waals surface area contributed by atoms with Crippen LogP contribution in [0.2, 0.25) is 10.0 Å². The number of carboxylic acid groups (broad SMARTS) is 1. The maximum Gasteiger partial charge on any atom is 0.326 e. The van der Waals surface area contributed by atoms with Crippen LogP contribution >= 0.6 is 23.2 Å². The third kappa shape index (κ3) is 5.75. The van der Waals surface area contributed by atoms with E-state index in [1.807, 2.05) is 26.0 Å². The van der Waals surface area contributed by atoms with E-state index in [0.717, 1.165) is 23.2 Å². The molecule has 1 atom stereocenters. The third-order valence-corrected chi connectivity index (χ3v) is 5.43. The summed E-state index contributed by atoms with van der Waals surface area (Å²) in [7, 11) is 0. The third-order valence-electron chi connectivity index (χ3n) is 4.86. The lowest BCUT2D eigenvalue weighted by molar-refractivity contribution is -0.137. The number of hydrogen-bond acceptors (Lipinski definition) is 5. The van der Waals surface area contributed by atoms with E-state index in [4.69, 9.17) is 23.2 Å². The molecule has 0 bridgehead atoms. The number of nitrogens with one attached hydrogen (secondary N) is 2. The molecule has 7 nitrogen and oxygen atoms in total. The van der Waals surface area contributed by atoms with Crippen molar-refractivity contribution in [2.75, 3.05) is 10.6 Å². The molecular weight excluding hydrogens is 451 g/mol. The number of carbonyl (C=O) groups is 2. The van der Waals surface area contributed by atoms with Crippen LogP contribution in [-0.4, -0.2) is 33.0 Å². The zero-order valence-electron chi connectivity index (χ0n) is 17.5. The molecule has 0 saturated heterocycles. The Balaban J connectivity index is 1.72. The van der Waals surface area contributed by atoms with Gasteiger partial charge in [-0.25, -0.2) is 9.78 Å². The predicted molar refractivity (Wildman–Crippen MR) is 126 cm³/mol. The molecule has 3 rings (SSSR count). The van der Waals surface area contributed by atoms with Crippen LogP contribution in [-0.2, 0) is 17.6 Å². The Kier molecular flexibility index (Phi) is 7.66. The molecule has 32 heavy (non-hydrogen) atoms. The lowest BCUT2D eigenvalue weighted by Crippen LogP contribution is -2.32. The Morgan fingerprint density at radius 1 is 1.06 bits per heavy atom. The van der Waals surface area contributed by atoms with Gasteiger partial charge in [-0.1, -0.05) is 48.3 Å². The number of carboxylic acids is 1. The number of halogens is 2. The summed E-state index contributed by atoms with van der Waals surface area (Å²) >= 11 is 12.1. The van der Waals surface area contributed by atoms with Gasteiger partial charge in [0.05, 0.1) is 15.7 Å². The van der Waals surface area contributed by atoms with Crippen LogP contribution in [0.4, 0.5) is 11.5 Å². The highest BCUT2D eigenvalue weighted by Crippen LogP contribution is 2.29. The van der Waals surface area contributed by atoms with Gasteiger partial charge in [-0.15, -0.1) is 0 Å². The van der Waals surface area contributed by atoms with Crippen molar-refractivity contribution in [1.29, 1.82) is 0 Å². The molecule has 0 aliphatic rings. The van der Waals surface area contributed by atoms with Crippen LogP contribution in [0.5, 0.6) is 0 Å². The quantitative estimate of drug-likeness (QED) is 0.425. The van der Waals surface area contributed by atoms with Crippen LogP contribution in [0, 0.1) is 6.92 Å². The molecule has 2 heterocycles. The summed E-state index contributed by atoms with van der Waals surface area (Å²) in [6, 6.07) is 9.64. The van der Waals surface area contributed by atoms with Crippen molar-refractivity contribution < 1.29 is 14.7 Å². The molecule has 3 aromatic rings. The van der Waals surface area contributed by atoms with E-state index >= 15 is 0 Å². The Morgan fingerprint density at radius 2 is 1.72 bits per heavy atom. The Hall–Kier alpha value is -3.16. The second-order valence-corrected chi connectivity index (χ2v) is 8.00. The number of benzene rings is 1. The zero-order valence-corrected chi connectivity index (χ0v) is 19.0. The van der Waals surface area contributed by atoms with Gasteiger partial charge in [-0.05, 0) is 42.7 Å². The summed E-state index contributed by atoms with van der Waals surface area (Å²) in [5.41, 5.74) is 3.17.